The lowest BCUT2D eigenvalue weighted by Crippen LogP contribution is -2.25. The summed E-state index contributed by atoms with van der Waals surface area (Å²) in [4.78, 5) is 16.5. The van der Waals surface area contributed by atoms with Gasteiger partial charge in [-0.05, 0) is 42.2 Å². The fourth-order valence-electron chi connectivity index (χ4n) is 2.89. The van der Waals surface area contributed by atoms with Crippen LogP contribution in [0, 0.1) is 11.7 Å². The average Bonchev–Trinajstić information content (AvgIpc) is 3.32. The second-order valence-electron chi connectivity index (χ2n) is 6.10. The maximum atomic E-state index is 12.9. The van der Waals surface area contributed by atoms with Gasteiger partial charge in [-0.25, -0.2) is 4.39 Å². The summed E-state index contributed by atoms with van der Waals surface area (Å²) in [6, 6.07) is 15.8. The number of nitrogens with zero attached hydrogens (tertiary/aromatic N) is 2. The summed E-state index contributed by atoms with van der Waals surface area (Å²) in [5.74, 6) is 0.671. The maximum absolute atomic E-state index is 12.9. The molecule has 1 aliphatic rings. The summed E-state index contributed by atoms with van der Waals surface area (Å²) in [6.45, 7) is 0.210. The van der Waals surface area contributed by atoms with Crippen molar-refractivity contribution in [1.29, 1.82) is 0 Å². The predicted molar refractivity (Wildman–Crippen MR) is 88.8 cm³/mol. The minimum absolute atomic E-state index is 0.00184. The first kappa shape index (κ1) is 15.5. The summed E-state index contributed by atoms with van der Waals surface area (Å²) >= 11 is 0. The van der Waals surface area contributed by atoms with Crippen molar-refractivity contribution in [2.75, 3.05) is 0 Å². The fraction of sp³-hybridized carbons (Fsp3) is 0.211. The molecule has 0 unspecified atom stereocenters. The highest BCUT2D eigenvalue weighted by Gasteiger charge is 2.43. The molecule has 1 heterocycles. The van der Waals surface area contributed by atoms with Crippen LogP contribution in [-0.2, 0) is 11.3 Å². The van der Waals surface area contributed by atoms with Crippen LogP contribution in [0.1, 0.15) is 23.7 Å². The first-order chi connectivity index (χ1) is 12.2. The highest BCUT2D eigenvalue weighted by atomic mass is 19.1. The summed E-state index contributed by atoms with van der Waals surface area (Å²) in [5.41, 5.74) is 1.83. The molecule has 6 heteroatoms. The molecule has 4 rings (SSSR count). The van der Waals surface area contributed by atoms with E-state index in [4.69, 9.17) is 4.52 Å². The molecule has 0 spiro atoms. The van der Waals surface area contributed by atoms with E-state index in [2.05, 4.69) is 15.5 Å². The van der Waals surface area contributed by atoms with Crippen LogP contribution in [0.3, 0.4) is 0 Å². The third kappa shape index (κ3) is 3.42. The molecule has 0 radical (unpaired) electrons. The highest BCUT2D eigenvalue weighted by Crippen LogP contribution is 2.47. The van der Waals surface area contributed by atoms with Crippen molar-refractivity contribution < 1.29 is 13.7 Å². The van der Waals surface area contributed by atoms with Gasteiger partial charge in [-0.2, -0.15) is 4.98 Å². The molecule has 1 amide bonds. The second kappa shape index (κ2) is 6.47. The van der Waals surface area contributed by atoms with Crippen molar-refractivity contribution in [2.45, 2.75) is 18.9 Å². The first-order valence-electron chi connectivity index (χ1n) is 8.12. The molecule has 1 aliphatic carbocycles. The zero-order valence-corrected chi connectivity index (χ0v) is 13.4. The molecule has 25 heavy (non-hydrogen) atoms. The second-order valence-corrected chi connectivity index (χ2v) is 6.10. The summed E-state index contributed by atoms with van der Waals surface area (Å²) in [5, 5.41) is 6.70. The molecule has 2 atom stereocenters. The van der Waals surface area contributed by atoms with Crippen LogP contribution in [0.15, 0.2) is 59.1 Å². The molecule has 0 aliphatic heterocycles. The van der Waals surface area contributed by atoms with Gasteiger partial charge in [0.1, 0.15) is 5.82 Å². The van der Waals surface area contributed by atoms with Gasteiger partial charge >= 0.3 is 0 Å². The van der Waals surface area contributed by atoms with Gasteiger partial charge in [-0.3, -0.25) is 4.79 Å². The Hall–Kier alpha value is -3.02. The first-order valence-corrected chi connectivity index (χ1v) is 8.12. The van der Waals surface area contributed by atoms with Crippen LogP contribution in [0.4, 0.5) is 4.39 Å². The Labute approximate surface area is 143 Å². The number of hydrogen-bond donors (Lipinski definition) is 1. The van der Waals surface area contributed by atoms with E-state index in [0.29, 0.717) is 23.2 Å². The van der Waals surface area contributed by atoms with Crippen LogP contribution < -0.4 is 5.32 Å². The standard InChI is InChI=1S/C19H16FN3O2/c20-14-8-6-13(7-9-14)19-22-17(23-25-19)11-21-18(24)16-10-15(16)12-4-2-1-3-5-12/h1-9,15-16H,10-11H2,(H,21,24)/t15-,16-/m0/s1. The molecule has 2 aromatic carbocycles. The molecule has 1 saturated carbocycles. The van der Waals surface area contributed by atoms with Gasteiger partial charge in [0.15, 0.2) is 5.82 Å². The van der Waals surface area contributed by atoms with Crippen molar-refractivity contribution in [3.8, 4) is 11.5 Å². The largest absolute Gasteiger partial charge is 0.348 e. The SMILES string of the molecule is O=C(NCc1noc(-c2ccc(F)cc2)n1)[C@H]1C[C@H]1c1ccccc1. The van der Waals surface area contributed by atoms with Gasteiger partial charge in [-0.1, -0.05) is 35.5 Å². The van der Waals surface area contributed by atoms with Gasteiger partial charge in [0, 0.05) is 11.5 Å². The van der Waals surface area contributed by atoms with Crippen LogP contribution in [-0.4, -0.2) is 16.0 Å². The number of nitrogens with one attached hydrogen (secondary N) is 1. The van der Waals surface area contributed by atoms with Gasteiger partial charge in [0.25, 0.3) is 5.89 Å². The van der Waals surface area contributed by atoms with Gasteiger partial charge in [0.2, 0.25) is 5.91 Å². The normalized spacial score (nSPS) is 18.8. The summed E-state index contributed by atoms with van der Waals surface area (Å²) in [6.07, 6.45) is 0.864. The minimum atomic E-state index is -0.326. The molecule has 1 aromatic heterocycles. The predicted octanol–water partition coefficient (Wildman–Crippen LogP) is 3.30. The Morgan fingerprint density at radius 2 is 1.92 bits per heavy atom. The van der Waals surface area contributed by atoms with Crippen molar-refractivity contribution in [3.05, 3.63) is 71.8 Å². The van der Waals surface area contributed by atoms with E-state index in [1.807, 2.05) is 30.3 Å². The van der Waals surface area contributed by atoms with E-state index in [1.54, 1.807) is 12.1 Å². The van der Waals surface area contributed by atoms with E-state index in [0.717, 1.165) is 6.42 Å². The zero-order valence-electron chi connectivity index (χ0n) is 13.4. The van der Waals surface area contributed by atoms with Gasteiger partial charge in [-0.15, -0.1) is 0 Å². The highest BCUT2D eigenvalue weighted by molar-refractivity contribution is 5.82. The van der Waals surface area contributed by atoms with E-state index in [9.17, 15) is 9.18 Å². The number of rotatable bonds is 5. The lowest BCUT2D eigenvalue weighted by atomic mass is 10.1. The number of benzene rings is 2. The quantitative estimate of drug-likeness (QED) is 0.776. The smallest absolute Gasteiger partial charge is 0.257 e. The fourth-order valence-corrected chi connectivity index (χ4v) is 2.89. The van der Waals surface area contributed by atoms with Crippen molar-refractivity contribution in [3.63, 3.8) is 0 Å². The monoisotopic (exact) mass is 337 g/mol. The minimum Gasteiger partial charge on any atom is -0.348 e. The van der Waals surface area contributed by atoms with E-state index < -0.39 is 0 Å². The lowest BCUT2D eigenvalue weighted by molar-refractivity contribution is -0.122. The maximum Gasteiger partial charge on any atom is 0.257 e. The molecule has 126 valence electrons. The number of carbonyl (C=O) groups excluding carboxylic acids is 1. The third-order valence-electron chi connectivity index (χ3n) is 4.33. The molecule has 1 N–H and O–H groups in total. The number of hydrogen-bond acceptors (Lipinski definition) is 4. The van der Waals surface area contributed by atoms with Crippen molar-refractivity contribution in [2.24, 2.45) is 5.92 Å². The third-order valence-corrected chi connectivity index (χ3v) is 4.33. The zero-order chi connectivity index (χ0) is 17.2. The van der Waals surface area contributed by atoms with Crippen LogP contribution in [0.5, 0.6) is 0 Å². The molecule has 1 fully saturated rings. The molecule has 3 aromatic rings. The molecular weight excluding hydrogens is 321 g/mol. The molecular formula is C19H16FN3O2. The van der Waals surface area contributed by atoms with Crippen LogP contribution in [0.2, 0.25) is 0 Å². The van der Waals surface area contributed by atoms with Crippen LogP contribution in [0.25, 0.3) is 11.5 Å². The summed E-state index contributed by atoms with van der Waals surface area (Å²) < 4.78 is 18.1. The Bertz CT molecular complexity index is 877. The number of amides is 1. The van der Waals surface area contributed by atoms with E-state index in [1.165, 1.54) is 17.7 Å². The van der Waals surface area contributed by atoms with E-state index >= 15 is 0 Å². The van der Waals surface area contributed by atoms with Crippen molar-refractivity contribution >= 4 is 5.91 Å². The van der Waals surface area contributed by atoms with E-state index in [-0.39, 0.29) is 24.2 Å². The average molecular weight is 337 g/mol. The Morgan fingerprint density at radius 3 is 2.68 bits per heavy atom. The Kier molecular flexibility index (Phi) is 4.01. The Morgan fingerprint density at radius 1 is 1.16 bits per heavy atom. The number of halogens is 1. The summed E-state index contributed by atoms with van der Waals surface area (Å²) in [7, 11) is 0. The number of aromatic nitrogens is 2. The van der Waals surface area contributed by atoms with Crippen LogP contribution >= 0.6 is 0 Å². The van der Waals surface area contributed by atoms with Gasteiger partial charge < -0.3 is 9.84 Å². The van der Waals surface area contributed by atoms with Crippen molar-refractivity contribution in [1.82, 2.24) is 15.5 Å². The topological polar surface area (TPSA) is 68.0 Å². The Balaban J connectivity index is 1.33. The molecule has 0 saturated heterocycles. The van der Waals surface area contributed by atoms with Gasteiger partial charge in [0.05, 0.1) is 6.54 Å². The number of carbonyl (C=O) groups is 1. The molecule has 5 nitrogen and oxygen atoms in total. The lowest BCUT2D eigenvalue weighted by Gasteiger charge is -2.02. The molecule has 0 bridgehead atoms.